The Balaban J connectivity index is 1.68. The van der Waals surface area contributed by atoms with E-state index in [4.69, 9.17) is 0 Å². The molecular formula is C13H24N2O3S. The molecule has 110 valence electrons. The first-order chi connectivity index (χ1) is 9.05. The number of hydrogen-bond acceptors (Lipinski definition) is 4. The SMILES string of the molecule is O=C(CNC1CCCS(=O)(=O)C1)NC1CCCCC1. The predicted octanol–water partition coefficient (Wildman–Crippen LogP) is 0.602. The Morgan fingerprint density at radius 2 is 1.68 bits per heavy atom. The van der Waals surface area contributed by atoms with E-state index in [1.54, 1.807) is 0 Å². The highest BCUT2D eigenvalue weighted by atomic mass is 32.2. The minimum Gasteiger partial charge on any atom is -0.352 e. The van der Waals surface area contributed by atoms with Crippen molar-refractivity contribution in [2.24, 2.45) is 0 Å². The van der Waals surface area contributed by atoms with E-state index in [2.05, 4.69) is 10.6 Å². The maximum absolute atomic E-state index is 11.8. The molecule has 1 saturated heterocycles. The summed E-state index contributed by atoms with van der Waals surface area (Å²) in [5.74, 6) is 0.457. The van der Waals surface area contributed by atoms with Crippen LogP contribution in [-0.4, -0.2) is 44.5 Å². The molecule has 0 spiro atoms. The molecule has 19 heavy (non-hydrogen) atoms. The van der Waals surface area contributed by atoms with Gasteiger partial charge in [0.15, 0.2) is 9.84 Å². The topological polar surface area (TPSA) is 75.3 Å². The van der Waals surface area contributed by atoms with E-state index in [0.29, 0.717) is 18.2 Å². The average molecular weight is 288 g/mol. The van der Waals surface area contributed by atoms with Crippen molar-refractivity contribution in [1.82, 2.24) is 10.6 Å². The Morgan fingerprint density at radius 3 is 2.37 bits per heavy atom. The van der Waals surface area contributed by atoms with Crippen molar-refractivity contribution in [2.45, 2.75) is 57.0 Å². The zero-order valence-electron chi connectivity index (χ0n) is 11.4. The van der Waals surface area contributed by atoms with Crippen molar-refractivity contribution in [3.05, 3.63) is 0 Å². The van der Waals surface area contributed by atoms with Gasteiger partial charge in [-0.15, -0.1) is 0 Å². The Labute approximate surface area is 115 Å². The number of rotatable bonds is 4. The highest BCUT2D eigenvalue weighted by Gasteiger charge is 2.25. The smallest absolute Gasteiger partial charge is 0.234 e. The molecule has 1 heterocycles. The largest absolute Gasteiger partial charge is 0.352 e. The molecule has 5 nitrogen and oxygen atoms in total. The molecule has 0 radical (unpaired) electrons. The summed E-state index contributed by atoms with van der Waals surface area (Å²) in [6, 6.07) is 0.258. The van der Waals surface area contributed by atoms with E-state index in [0.717, 1.165) is 19.3 Å². The van der Waals surface area contributed by atoms with Crippen molar-refractivity contribution in [1.29, 1.82) is 0 Å². The lowest BCUT2D eigenvalue weighted by molar-refractivity contribution is -0.121. The summed E-state index contributed by atoms with van der Waals surface area (Å²) in [4.78, 5) is 11.8. The molecule has 1 aliphatic heterocycles. The lowest BCUT2D eigenvalue weighted by atomic mass is 9.95. The summed E-state index contributed by atoms with van der Waals surface area (Å²) in [5, 5.41) is 6.10. The molecule has 1 saturated carbocycles. The van der Waals surface area contributed by atoms with Crippen molar-refractivity contribution in [3.63, 3.8) is 0 Å². The summed E-state index contributed by atoms with van der Waals surface area (Å²) >= 11 is 0. The van der Waals surface area contributed by atoms with E-state index in [1.807, 2.05) is 0 Å². The van der Waals surface area contributed by atoms with E-state index >= 15 is 0 Å². The van der Waals surface area contributed by atoms with E-state index in [-0.39, 0.29) is 24.2 Å². The molecule has 2 rings (SSSR count). The molecule has 1 atom stereocenters. The van der Waals surface area contributed by atoms with Crippen LogP contribution < -0.4 is 10.6 Å². The van der Waals surface area contributed by atoms with E-state index in [9.17, 15) is 13.2 Å². The summed E-state index contributed by atoms with van der Waals surface area (Å²) < 4.78 is 23.0. The monoisotopic (exact) mass is 288 g/mol. The predicted molar refractivity (Wildman–Crippen MR) is 74.7 cm³/mol. The van der Waals surface area contributed by atoms with Crippen LogP contribution in [0.15, 0.2) is 0 Å². The molecule has 2 aliphatic rings. The number of nitrogens with one attached hydrogen (secondary N) is 2. The standard InChI is InChI=1S/C13H24N2O3S/c16-13(15-11-5-2-1-3-6-11)9-14-12-7-4-8-19(17,18)10-12/h11-12,14H,1-10H2,(H,15,16). The van der Waals surface area contributed by atoms with Crippen LogP contribution >= 0.6 is 0 Å². The highest BCUT2D eigenvalue weighted by molar-refractivity contribution is 7.91. The van der Waals surface area contributed by atoms with Gasteiger partial charge in [0, 0.05) is 12.1 Å². The average Bonchev–Trinajstić information content (AvgIpc) is 2.36. The molecule has 6 heteroatoms. The quantitative estimate of drug-likeness (QED) is 0.794. The Kier molecular flexibility index (Phi) is 5.21. The first-order valence-electron chi connectivity index (χ1n) is 7.28. The molecular weight excluding hydrogens is 264 g/mol. The van der Waals surface area contributed by atoms with E-state index < -0.39 is 9.84 Å². The van der Waals surface area contributed by atoms with Crippen LogP contribution in [0.1, 0.15) is 44.9 Å². The van der Waals surface area contributed by atoms with Gasteiger partial charge in [0.05, 0.1) is 18.1 Å². The number of carbonyl (C=O) groups excluding carboxylic acids is 1. The lowest BCUT2D eigenvalue weighted by Crippen LogP contribution is -2.47. The van der Waals surface area contributed by atoms with Gasteiger partial charge in [-0.25, -0.2) is 8.42 Å². The van der Waals surface area contributed by atoms with Crippen LogP contribution in [0.5, 0.6) is 0 Å². The third-order valence-corrected chi connectivity index (χ3v) is 5.81. The van der Waals surface area contributed by atoms with Crippen molar-refractivity contribution < 1.29 is 13.2 Å². The molecule has 1 amide bonds. The second-order valence-corrected chi connectivity index (χ2v) is 7.97. The summed E-state index contributed by atoms with van der Waals surface area (Å²) in [5.41, 5.74) is 0. The summed E-state index contributed by atoms with van der Waals surface area (Å²) in [6.45, 7) is 0.233. The third-order valence-electron chi connectivity index (χ3n) is 3.98. The first-order valence-corrected chi connectivity index (χ1v) is 9.10. The minimum atomic E-state index is -2.90. The Hall–Kier alpha value is -0.620. The van der Waals surface area contributed by atoms with Crippen LogP contribution in [0.4, 0.5) is 0 Å². The third kappa shape index (κ3) is 5.10. The van der Waals surface area contributed by atoms with Gasteiger partial charge in [-0.2, -0.15) is 0 Å². The fraction of sp³-hybridized carbons (Fsp3) is 0.923. The molecule has 2 fully saturated rings. The molecule has 1 aliphatic carbocycles. The van der Waals surface area contributed by atoms with Gasteiger partial charge in [-0.05, 0) is 25.7 Å². The van der Waals surface area contributed by atoms with Gasteiger partial charge in [-0.1, -0.05) is 19.3 Å². The van der Waals surface area contributed by atoms with Crippen LogP contribution in [0.25, 0.3) is 0 Å². The second-order valence-electron chi connectivity index (χ2n) is 5.74. The molecule has 1 unspecified atom stereocenters. The summed E-state index contributed by atoms with van der Waals surface area (Å²) in [7, 11) is -2.90. The van der Waals surface area contributed by atoms with Gasteiger partial charge in [-0.3, -0.25) is 4.79 Å². The van der Waals surface area contributed by atoms with Crippen LogP contribution in [0, 0.1) is 0 Å². The number of sulfone groups is 1. The zero-order valence-corrected chi connectivity index (χ0v) is 12.2. The lowest BCUT2D eigenvalue weighted by Gasteiger charge is -2.25. The van der Waals surface area contributed by atoms with Gasteiger partial charge in [0.2, 0.25) is 5.91 Å². The van der Waals surface area contributed by atoms with Gasteiger partial charge in [0.25, 0.3) is 0 Å². The van der Waals surface area contributed by atoms with Crippen molar-refractivity contribution in [3.8, 4) is 0 Å². The van der Waals surface area contributed by atoms with Gasteiger partial charge in [0.1, 0.15) is 0 Å². The maximum Gasteiger partial charge on any atom is 0.234 e. The van der Waals surface area contributed by atoms with Crippen LogP contribution in [0.2, 0.25) is 0 Å². The van der Waals surface area contributed by atoms with Crippen molar-refractivity contribution in [2.75, 3.05) is 18.1 Å². The Bertz CT molecular complexity index is 402. The van der Waals surface area contributed by atoms with Crippen LogP contribution in [0.3, 0.4) is 0 Å². The number of hydrogen-bond donors (Lipinski definition) is 2. The number of amides is 1. The molecule has 2 N–H and O–H groups in total. The van der Waals surface area contributed by atoms with Gasteiger partial charge < -0.3 is 10.6 Å². The molecule has 0 aromatic heterocycles. The Morgan fingerprint density at radius 1 is 1.00 bits per heavy atom. The molecule has 0 aromatic rings. The fourth-order valence-electron chi connectivity index (χ4n) is 2.95. The molecule has 0 bridgehead atoms. The normalized spacial score (nSPS) is 27.9. The second kappa shape index (κ2) is 6.70. The number of carbonyl (C=O) groups is 1. The van der Waals surface area contributed by atoms with Crippen molar-refractivity contribution >= 4 is 15.7 Å². The van der Waals surface area contributed by atoms with E-state index in [1.165, 1.54) is 19.3 Å². The highest BCUT2D eigenvalue weighted by Crippen LogP contribution is 2.17. The maximum atomic E-state index is 11.8. The zero-order chi connectivity index (χ0) is 13.7. The summed E-state index contributed by atoms with van der Waals surface area (Å²) in [6.07, 6.45) is 7.34. The fourth-order valence-corrected chi connectivity index (χ4v) is 4.62. The van der Waals surface area contributed by atoms with Crippen LogP contribution in [-0.2, 0) is 14.6 Å². The van der Waals surface area contributed by atoms with Gasteiger partial charge >= 0.3 is 0 Å². The minimum absolute atomic E-state index is 0.00475. The molecule has 0 aromatic carbocycles. The first kappa shape index (κ1) is 14.8.